The van der Waals surface area contributed by atoms with Crippen molar-refractivity contribution in [3.05, 3.63) is 71.3 Å². The third kappa shape index (κ3) is 2.94. The maximum absolute atomic E-state index is 15.0. The summed E-state index contributed by atoms with van der Waals surface area (Å²) in [6.45, 7) is 5.14. The van der Waals surface area contributed by atoms with E-state index in [4.69, 9.17) is 0 Å². The minimum Gasteiger partial charge on any atom is -0.268 e. The number of carbonyl (C=O) groups excluding carboxylic acids is 1. The van der Waals surface area contributed by atoms with E-state index < -0.39 is 33.7 Å². The van der Waals surface area contributed by atoms with Crippen molar-refractivity contribution in [2.45, 2.75) is 31.7 Å². The third-order valence-corrected chi connectivity index (χ3v) is 6.71. The average Bonchev–Trinajstić information content (AvgIpc) is 2.85. The van der Waals surface area contributed by atoms with Gasteiger partial charge in [-0.15, -0.1) is 0 Å². The Kier molecular flexibility index (Phi) is 4.71. The monoisotopic (exact) mass is 373 g/mol. The van der Waals surface area contributed by atoms with Gasteiger partial charge in [0.25, 0.3) is 15.9 Å². The first kappa shape index (κ1) is 18.3. The van der Waals surface area contributed by atoms with Crippen LogP contribution in [0, 0.1) is 12.8 Å². The number of benzene rings is 2. The van der Waals surface area contributed by atoms with Crippen LogP contribution >= 0.6 is 0 Å². The van der Waals surface area contributed by atoms with Crippen molar-refractivity contribution in [1.82, 2.24) is 4.31 Å². The highest BCUT2D eigenvalue weighted by Crippen LogP contribution is 2.39. The highest BCUT2D eigenvalue weighted by Gasteiger charge is 2.47. The number of aryl methyl sites for hydroxylation is 1. The van der Waals surface area contributed by atoms with E-state index in [-0.39, 0.29) is 16.0 Å². The number of hydrogen-bond acceptors (Lipinski definition) is 3. The molecule has 6 heteroatoms. The van der Waals surface area contributed by atoms with Gasteiger partial charge in [0.2, 0.25) is 0 Å². The topological polar surface area (TPSA) is 54.5 Å². The molecule has 26 heavy (non-hydrogen) atoms. The minimum absolute atomic E-state index is 0.0249. The second kappa shape index (κ2) is 6.68. The molecule has 0 aliphatic carbocycles. The molecule has 2 aromatic rings. The summed E-state index contributed by atoms with van der Waals surface area (Å²) in [5.74, 6) is -2.02. The van der Waals surface area contributed by atoms with Crippen LogP contribution in [-0.2, 0) is 14.8 Å². The fraction of sp³-hybridized carbons (Fsp3) is 0.250. The summed E-state index contributed by atoms with van der Waals surface area (Å²) in [5, 5.41) is 0. The van der Waals surface area contributed by atoms with Gasteiger partial charge < -0.3 is 0 Å². The first-order chi connectivity index (χ1) is 12.2. The van der Waals surface area contributed by atoms with Crippen LogP contribution in [0.15, 0.2) is 65.1 Å². The lowest BCUT2D eigenvalue weighted by atomic mass is 9.96. The van der Waals surface area contributed by atoms with Crippen LogP contribution in [0.2, 0.25) is 0 Å². The van der Waals surface area contributed by atoms with Crippen LogP contribution < -0.4 is 0 Å². The summed E-state index contributed by atoms with van der Waals surface area (Å²) in [6, 6.07) is 13.8. The number of sulfonamides is 1. The van der Waals surface area contributed by atoms with Gasteiger partial charge in [0.15, 0.2) is 0 Å². The molecule has 1 saturated heterocycles. The Bertz CT molecular complexity index is 966. The van der Waals surface area contributed by atoms with Crippen LogP contribution in [-0.4, -0.2) is 24.7 Å². The van der Waals surface area contributed by atoms with Crippen LogP contribution in [0.5, 0.6) is 0 Å². The average molecular weight is 373 g/mol. The van der Waals surface area contributed by atoms with Gasteiger partial charge in [-0.25, -0.2) is 17.1 Å². The maximum Gasteiger partial charge on any atom is 0.267 e. The highest BCUT2D eigenvalue weighted by molar-refractivity contribution is 7.89. The molecule has 2 atom stereocenters. The Morgan fingerprint density at radius 1 is 1.00 bits per heavy atom. The van der Waals surface area contributed by atoms with Crippen LogP contribution in [0.4, 0.5) is 4.39 Å². The normalized spacial score (nSPS) is 22.6. The Balaban J connectivity index is 2.08. The number of carbonyl (C=O) groups is 1. The van der Waals surface area contributed by atoms with Gasteiger partial charge in [-0.3, -0.25) is 4.79 Å². The van der Waals surface area contributed by atoms with Crippen LogP contribution in [0.1, 0.15) is 25.0 Å². The lowest BCUT2D eigenvalue weighted by Gasteiger charge is -2.22. The molecule has 1 fully saturated rings. The third-order valence-electron chi connectivity index (χ3n) is 4.82. The predicted molar refractivity (Wildman–Crippen MR) is 98.3 cm³/mol. The number of hydrogen-bond donors (Lipinski definition) is 0. The molecule has 0 spiro atoms. The SMILES string of the molecule is Cc1ccc(S(=O)(=O)N2C(=O)C(=C(F)c3ccccc3)C(C)C2C)cc1. The van der Waals surface area contributed by atoms with Gasteiger partial charge in [0.05, 0.1) is 16.5 Å². The van der Waals surface area contributed by atoms with Gasteiger partial charge in [-0.1, -0.05) is 55.0 Å². The molecular weight excluding hydrogens is 353 g/mol. The lowest BCUT2D eigenvalue weighted by Crippen LogP contribution is -2.38. The molecule has 1 heterocycles. The molecule has 0 radical (unpaired) electrons. The zero-order valence-electron chi connectivity index (χ0n) is 14.8. The summed E-state index contributed by atoms with van der Waals surface area (Å²) >= 11 is 0. The number of nitrogens with zero attached hydrogens (tertiary/aromatic N) is 1. The van der Waals surface area contributed by atoms with Crippen molar-refractivity contribution in [1.29, 1.82) is 0 Å². The molecule has 1 amide bonds. The molecule has 0 bridgehead atoms. The summed E-state index contributed by atoms with van der Waals surface area (Å²) in [6.07, 6.45) is 0. The van der Waals surface area contributed by atoms with Gasteiger partial charge in [-0.05, 0) is 26.0 Å². The van der Waals surface area contributed by atoms with Gasteiger partial charge in [-0.2, -0.15) is 0 Å². The highest BCUT2D eigenvalue weighted by atomic mass is 32.2. The molecule has 0 saturated carbocycles. The molecule has 1 aliphatic rings. The first-order valence-corrected chi connectivity index (χ1v) is 9.79. The van der Waals surface area contributed by atoms with E-state index in [9.17, 15) is 17.6 Å². The summed E-state index contributed by atoms with van der Waals surface area (Å²) in [7, 11) is -4.05. The van der Waals surface area contributed by atoms with Crippen LogP contribution in [0.25, 0.3) is 5.83 Å². The second-order valence-corrected chi connectivity index (χ2v) is 8.36. The molecule has 0 N–H and O–H groups in total. The Hall–Kier alpha value is -2.47. The zero-order chi connectivity index (χ0) is 19.1. The Morgan fingerprint density at radius 2 is 1.58 bits per heavy atom. The molecule has 2 aromatic carbocycles. The van der Waals surface area contributed by atoms with E-state index in [0.29, 0.717) is 0 Å². The molecule has 0 aromatic heterocycles. The van der Waals surface area contributed by atoms with Crippen molar-refractivity contribution in [2.24, 2.45) is 5.92 Å². The fourth-order valence-electron chi connectivity index (χ4n) is 3.13. The maximum atomic E-state index is 15.0. The molecule has 136 valence electrons. The lowest BCUT2D eigenvalue weighted by molar-refractivity contribution is -0.121. The van der Waals surface area contributed by atoms with Crippen molar-refractivity contribution in [2.75, 3.05) is 0 Å². The van der Waals surface area contributed by atoms with Crippen molar-refractivity contribution in [3.63, 3.8) is 0 Å². The Labute approximate surface area is 153 Å². The molecule has 1 aliphatic heterocycles. The molecule has 4 nitrogen and oxygen atoms in total. The number of rotatable bonds is 3. The van der Waals surface area contributed by atoms with Crippen LogP contribution in [0.3, 0.4) is 0 Å². The first-order valence-electron chi connectivity index (χ1n) is 8.35. The van der Waals surface area contributed by atoms with Gasteiger partial charge in [0, 0.05) is 11.5 Å². The standard InChI is InChI=1S/C20H20FNO3S/c1-13-9-11-17(12-10-13)26(24,25)22-15(3)14(2)18(20(22)23)19(21)16-7-5-4-6-8-16/h4-12,14-15H,1-3H3. The van der Waals surface area contributed by atoms with E-state index in [1.807, 2.05) is 6.92 Å². The summed E-state index contributed by atoms with van der Waals surface area (Å²) in [4.78, 5) is 12.9. The van der Waals surface area contributed by atoms with E-state index in [0.717, 1.165) is 9.87 Å². The van der Waals surface area contributed by atoms with E-state index in [1.165, 1.54) is 12.1 Å². The fourth-order valence-corrected chi connectivity index (χ4v) is 4.77. The van der Waals surface area contributed by atoms with Crippen molar-refractivity contribution < 1.29 is 17.6 Å². The largest absolute Gasteiger partial charge is 0.268 e. The van der Waals surface area contributed by atoms with Crippen molar-refractivity contribution in [3.8, 4) is 0 Å². The quantitative estimate of drug-likeness (QED) is 0.766. The van der Waals surface area contributed by atoms with Gasteiger partial charge >= 0.3 is 0 Å². The molecule has 2 unspecified atom stereocenters. The Morgan fingerprint density at radius 3 is 2.15 bits per heavy atom. The molecule has 3 rings (SSSR count). The predicted octanol–water partition coefficient (Wildman–Crippen LogP) is 3.93. The smallest absolute Gasteiger partial charge is 0.267 e. The second-order valence-electron chi connectivity index (χ2n) is 6.54. The van der Waals surface area contributed by atoms with E-state index in [2.05, 4.69) is 0 Å². The minimum atomic E-state index is -4.05. The molecular formula is C20H20FNO3S. The van der Waals surface area contributed by atoms with Gasteiger partial charge in [0.1, 0.15) is 5.83 Å². The van der Waals surface area contributed by atoms with E-state index >= 15 is 0 Å². The summed E-state index contributed by atoms with van der Waals surface area (Å²) < 4.78 is 41.7. The summed E-state index contributed by atoms with van der Waals surface area (Å²) in [5.41, 5.74) is 1.08. The zero-order valence-corrected chi connectivity index (χ0v) is 15.6. The number of halogens is 1. The van der Waals surface area contributed by atoms with Crippen molar-refractivity contribution >= 4 is 21.8 Å². The van der Waals surface area contributed by atoms with E-state index in [1.54, 1.807) is 56.3 Å². The number of amides is 1.